The Morgan fingerprint density at radius 2 is 1.69 bits per heavy atom. The molecule has 0 radical (unpaired) electrons. The van der Waals surface area contributed by atoms with Crippen molar-refractivity contribution < 1.29 is 14.7 Å². The first-order valence-corrected chi connectivity index (χ1v) is 4.54. The van der Waals surface area contributed by atoms with E-state index in [1.165, 1.54) is 0 Å². The lowest BCUT2D eigenvalue weighted by Crippen LogP contribution is -2.20. The summed E-state index contributed by atoms with van der Waals surface area (Å²) in [5.41, 5.74) is -0.133. The third-order valence-corrected chi connectivity index (χ3v) is 1.56. The fourth-order valence-corrected chi connectivity index (χ4v) is 0.959. The Balaban J connectivity index is 3.91. The Morgan fingerprint density at radius 1 is 1.15 bits per heavy atom. The van der Waals surface area contributed by atoms with Crippen molar-refractivity contribution in [1.29, 1.82) is 0 Å². The van der Waals surface area contributed by atoms with Crippen LogP contribution < -0.4 is 0 Å². The number of carbonyl (C=O) groups is 2. The molecule has 13 heavy (non-hydrogen) atoms. The van der Waals surface area contributed by atoms with E-state index < -0.39 is 0 Å². The molecular weight excluding hydrogens is 168 g/mol. The van der Waals surface area contributed by atoms with Crippen molar-refractivity contribution in [2.75, 3.05) is 6.61 Å². The molecular formula is C10H18O3. The molecule has 0 aromatic heterocycles. The van der Waals surface area contributed by atoms with Gasteiger partial charge in [0.15, 0.2) is 11.6 Å². The van der Waals surface area contributed by atoms with Crippen LogP contribution in [0.5, 0.6) is 0 Å². The van der Waals surface area contributed by atoms with Gasteiger partial charge in [0, 0.05) is 19.4 Å². The van der Waals surface area contributed by atoms with Crippen LogP contribution in [-0.4, -0.2) is 23.3 Å². The second-order valence-corrected chi connectivity index (χ2v) is 4.41. The third-order valence-electron chi connectivity index (χ3n) is 1.56. The lowest BCUT2D eigenvalue weighted by Gasteiger charge is -2.15. The zero-order valence-corrected chi connectivity index (χ0v) is 8.59. The summed E-state index contributed by atoms with van der Waals surface area (Å²) in [5, 5.41) is 8.47. The quantitative estimate of drug-likeness (QED) is 0.659. The normalized spacial score (nSPS) is 11.4. The second kappa shape index (κ2) is 5.12. The van der Waals surface area contributed by atoms with Crippen molar-refractivity contribution in [2.24, 2.45) is 5.41 Å². The summed E-state index contributed by atoms with van der Waals surface area (Å²) < 4.78 is 0. The zero-order valence-electron chi connectivity index (χ0n) is 8.59. The standard InChI is InChI=1S/C10H18O3/c1-10(2,3)7-9(13)8(12)5-4-6-11/h11H,4-7H2,1-3H3. The van der Waals surface area contributed by atoms with E-state index in [0.717, 1.165) is 0 Å². The van der Waals surface area contributed by atoms with Gasteiger partial charge in [0.25, 0.3) is 0 Å². The minimum atomic E-state index is -0.357. The van der Waals surface area contributed by atoms with Crippen LogP contribution >= 0.6 is 0 Å². The maximum absolute atomic E-state index is 11.2. The first kappa shape index (κ1) is 12.3. The Hall–Kier alpha value is -0.700. The number of aliphatic hydroxyl groups excluding tert-OH is 1. The highest BCUT2D eigenvalue weighted by molar-refractivity contribution is 6.37. The number of rotatable bonds is 5. The van der Waals surface area contributed by atoms with Crippen LogP contribution in [0, 0.1) is 5.41 Å². The highest BCUT2D eigenvalue weighted by atomic mass is 16.3. The predicted molar refractivity (Wildman–Crippen MR) is 50.4 cm³/mol. The van der Waals surface area contributed by atoms with Gasteiger partial charge in [0.2, 0.25) is 0 Å². The van der Waals surface area contributed by atoms with Crippen molar-refractivity contribution in [3.05, 3.63) is 0 Å². The SMILES string of the molecule is CC(C)(C)CC(=O)C(=O)CCCO. The van der Waals surface area contributed by atoms with E-state index in [0.29, 0.717) is 6.42 Å². The van der Waals surface area contributed by atoms with Crippen molar-refractivity contribution in [1.82, 2.24) is 0 Å². The average molecular weight is 186 g/mol. The lowest BCUT2D eigenvalue weighted by atomic mass is 9.88. The molecule has 0 atom stereocenters. The maximum Gasteiger partial charge on any atom is 0.198 e. The summed E-state index contributed by atoms with van der Waals surface area (Å²) in [6.07, 6.45) is 0.845. The monoisotopic (exact) mass is 186 g/mol. The molecule has 0 heterocycles. The smallest absolute Gasteiger partial charge is 0.198 e. The van der Waals surface area contributed by atoms with Crippen LogP contribution in [0.3, 0.4) is 0 Å². The van der Waals surface area contributed by atoms with Crippen LogP contribution in [0.25, 0.3) is 0 Å². The molecule has 0 aliphatic rings. The first-order valence-electron chi connectivity index (χ1n) is 4.54. The average Bonchev–Trinajstić information content (AvgIpc) is 1.96. The number of hydrogen-bond acceptors (Lipinski definition) is 3. The number of Topliss-reactive ketones (excluding diaryl/α,β-unsaturated/α-hetero) is 2. The zero-order chi connectivity index (χ0) is 10.5. The van der Waals surface area contributed by atoms with Gasteiger partial charge in [-0.05, 0) is 11.8 Å². The summed E-state index contributed by atoms with van der Waals surface area (Å²) in [4.78, 5) is 22.4. The Kier molecular flexibility index (Phi) is 4.85. The number of aliphatic hydroxyl groups is 1. The van der Waals surface area contributed by atoms with Gasteiger partial charge in [0.05, 0.1) is 0 Å². The molecule has 0 aromatic carbocycles. The van der Waals surface area contributed by atoms with E-state index >= 15 is 0 Å². The molecule has 0 unspecified atom stereocenters. The van der Waals surface area contributed by atoms with E-state index in [9.17, 15) is 9.59 Å². The summed E-state index contributed by atoms with van der Waals surface area (Å²) in [5.74, 6) is -0.676. The summed E-state index contributed by atoms with van der Waals surface area (Å²) in [6, 6.07) is 0. The van der Waals surface area contributed by atoms with Gasteiger partial charge in [-0.15, -0.1) is 0 Å². The van der Waals surface area contributed by atoms with Gasteiger partial charge in [-0.2, -0.15) is 0 Å². The highest BCUT2D eigenvalue weighted by Gasteiger charge is 2.20. The van der Waals surface area contributed by atoms with Gasteiger partial charge in [-0.25, -0.2) is 0 Å². The fourth-order valence-electron chi connectivity index (χ4n) is 0.959. The van der Waals surface area contributed by atoms with E-state index in [1.807, 2.05) is 20.8 Å². The Morgan fingerprint density at radius 3 is 2.08 bits per heavy atom. The van der Waals surface area contributed by atoms with E-state index in [2.05, 4.69) is 0 Å². The topological polar surface area (TPSA) is 54.4 Å². The molecule has 76 valence electrons. The first-order chi connectivity index (χ1) is 5.87. The third kappa shape index (κ3) is 6.46. The molecule has 0 rings (SSSR count). The van der Waals surface area contributed by atoms with E-state index in [-0.39, 0.29) is 36.4 Å². The number of ketones is 2. The minimum Gasteiger partial charge on any atom is -0.396 e. The lowest BCUT2D eigenvalue weighted by molar-refractivity contribution is -0.137. The molecule has 0 aliphatic heterocycles. The molecule has 0 bridgehead atoms. The van der Waals surface area contributed by atoms with Gasteiger partial charge < -0.3 is 5.11 Å². The van der Waals surface area contributed by atoms with Crippen LogP contribution in [0.2, 0.25) is 0 Å². The van der Waals surface area contributed by atoms with Gasteiger partial charge >= 0.3 is 0 Å². The summed E-state index contributed by atoms with van der Waals surface area (Å²) >= 11 is 0. The predicted octanol–water partition coefficient (Wildman–Crippen LogP) is 1.33. The summed E-state index contributed by atoms with van der Waals surface area (Å²) in [6.45, 7) is 5.73. The second-order valence-electron chi connectivity index (χ2n) is 4.41. The van der Waals surface area contributed by atoms with Gasteiger partial charge in [-0.3, -0.25) is 9.59 Å². The van der Waals surface area contributed by atoms with Crippen molar-refractivity contribution >= 4 is 11.6 Å². The van der Waals surface area contributed by atoms with Crippen LogP contribution in [0.1, 0.15) is 40.0 Å². The summed E-state index contributed by atoms with van der Waals surface area (Å²) in [7, 11) is 0. The molecule has 0 amide bonds. The van der Waals surface area contributed by atoms with Crippen LogP contribution in [0.15, 0.2) is 0 Å². The van der Waals surface area contributed by atoms with E-state index in [4.69, 9.17) is 5.11 Å². The van der Waals surface area contributed by atoms with Crippen molar-refractivity contribution in [3.8, 4) is 0 Å². The van der Waals surface area contributed by atoms with E-state index in [1.54, 1.807) is 0 Å². The molecule has 0 saturated carbocycles. The minimum absolute atomic E-state index is 0.0332. The van der Waals surface area contributed by atoms with Gasteiger partial charge in [0.1, 0.15) is 0 Å². The fraction of sp³-hybridized carbons (Fsp3) is 0.800. The van der Waals surface area contributed by atoms with Crippen molar-refractivity contribution in [3.63, 3.8) is 0 Å². The largest absolute Gasteiger partial charge is 0.396 e. The highest BCUT2D eigenvalue weighted by Crippen LogP contribution is 2.19. The van der Waals surface area contributed by atoms with Crippen LogP contribution in [-0.2, 0) is 9.59 Å². The van der Waals surface area contributed by atoms with Crippen LogP contribution in [0.4, 0.5) is 0 Å². The molecule has 0 aromatic rings. The Bertz CT molecular complexity index is 189. The van der Waals surface area contributed by atoms with Crippen molar-refractivity contribution in [2.45, 2.75) is 40.0 Å². The van der Waals surface area contributed by atoms with Gasteiger partial charge in [-0.1, -0.05) is 20.8 Å². The maximum atomic E-state index is 11.2. The molecule has 0 aliphatic carbocycles. The molecule has 1 N–H and O–H groups in total. The Labute approximate surface area is 79.1 Å². The number of carbonyl (C=O) groups excluding carboxylic acids is 2. The molecule has 0 saturated heterocycles. The molecule has 3 heteroatoms. The number of hydrogen-bond donors (Lipinski definition) is 1. The molecule has 3 nitrogen and oxygen atoms in total. The molecule has 0 fully saturated rings. The molecule has 0 spiro atoms.